The Morgan fingerprint density at radius 1 is 1.53 bits per heavy atom. The number of nitrogen functional groups attached to an aromatic ring is 1. The van der Waals surface area contributed by atoms with Gasteiger partial charge in [-0.1, -0.05) is 0 Å². The first-order valence-electron chi connectivity index (χ1n) is 4.22. The van der Waals surface area contributed by atoms with Crippen LogP contribution in [0.4, 0.5) is 18.9 Å². The molecule has 94 valence electrons. The van der Waals surface area contributed by atoms with E-state index in [2.05, 4.69) is 9.72 Å². The first-order valence-corrected chi connectivity index (χ1v) is 4.22. The Hall–Kier alpha value is -2.03. The Bertz CT molecular complexity index is 448. The highest BCUT2D eigenvalue weighted by Gasteiger charge is 2.33. The lowest BCUT2D eigenvalue weighted by atomic mass is 10.1. The van der Waals surface area contributed by atoms with Gasteiger partial charge in [-0.2, -0.15) is 0 Å². The van der Waals surface area contributed by atoms with Crippen LogP contribution < -0.4 is 16.2 Å². The third-order valence-corrected chi connectivity index (χ3v) is 1.82. The summed E-state index contributed by atoms with van der Waals surface area (Å²) >= 11 is 0. The van der Waals surface area contributed by atoms with Crippen LogP contribution >= 0.6 is 0 Å². The van der Waals surface area contributed by atoms with Crippen molar-refractivity contribution in [3.8, 4) is 5.75 Å². The van der Waals surface area contributed by atoms with Gasteiger partial charge in [0, 0.05) is 12.1 Å². The molecule has 0 aliphatic carbocycles. The lowest BCUT2D eigenvalue weighted by Gasteiger charge is -2.13. The average molecular weight is 251 g/mol. The molecule has 17 heavy (non-hydrogen) atoms. The summed E-state index contributed by atoms with van der Waals surface area (Å²) in [5, 5.41) is 8.71. The number of halogens is 3. The number of pyridine rings is 1. The summed E-state index contributed by atoms with van der Waals surface area (Å²) in [6.07, 6.45) is -4.35. The van der Waals surface area contributed by atoms with Crippen molar-refractivity contribution in [2.24, 2.45) is 5.73 Å². The number of alkyl halides is 3. The van der Waals surface area contributed by atoms with Crippen LogP contribution in [0.2, 0.25) is 0 Å². The normalized spacial score (nSPS) is 11.3. The van der Waals surface area contributed by atoms with Gasteiger partial charge >= 0.3 is 12.3 Å². The Balaban J connectivity index is 3.25. The minimum atomic E-state index is -4.94. The number of nitrogens with zero attached hydrogens (tertiary/aromatic N) is 1. The average Bonchev–Trinajstić information content (AvgIpc) is 2.18. The topological polar surface area (TPSA) is 111 Å². The molecule has 6 nitrogen and oxygen atoms in total. The second-order valence-corrected chi connectivity index (χ2v) is 2.92. The van der Waals surface area contributed by atoms with E-state index in [0.717, 1.165) is 0 Å². The lowest BCUT2D eigenvalue weighted by Crippen LogP contribution is -2.20. The Kier molecular flexibility index (Phi) is 3.42. The smallest absolute Gasteiger partial charge is 0.477 e. The van der Waals surface area contributed by atoms with E-state index in [0.29, 0.717) is 6.20 Å². The van der Waals surface area contributed by atoms with Gasteiger partial charge in [-0.3, -0.25) is 0 Å². The number of rotatable bonds is 3. The number of nitrogens with two attached hydrogens (primary N) is 2. The van der Waals surface area contributed by atoms with Crippen molar-refractivity contribution in [3.05, 3.63) is 17.5 Å². The second kappa shape index (κ2) is 4.45. The van der Waals surface area contributed by atoms with E-state index in [1.807, 2.05) is 0 Å². The third kappa shape index (κ3) is 2.97. The van der Waals surface area contributed by atoms with Gasteiger partial charge in [0.05, 0.1) is 11.9 Å². The third-order valence-electron chi connectivity index (χ3n) is 1.82. The van der Waals surface area contributed by atoms with Gasteiger partial charge in [-0.15, -0.1) is 13.2 Å². The fourth-order valence-corrected chi connectivity index (χ4v) is 1.14. The summed E-state index contributed by atoms with van der Waals surface area (Å²) in [5.74, 6) is -2.21. The number of carbonyl (C=O) groups is 1. The molecule has 1 aromatic rings. The van der Waals surface area contributed by atoms with E-state index in [1.165, 1.54) is 0 Å². The maximum absolute atomic E-state index is 12.0. The molecule has 1 heterocycles. The van der Waals surface area contributed by atoms with Gasteiger partial charge in [-0.05, 0) is 0 Å². The van der Waals surface area contributed by atoms with Crippen molar-refractivity contribution in [1.29, 1.82) is 0 Å². The second-order valence-electron chi connectivity index (χ2n) is 2.92. The highest BCUT2D eigenvalue weighted by molar-refractivity contribution is 5.89. The van der Waals surface area contributed by atoms with Crippen molar-refractivity contribution in [2.45, 2.75) is 12.9 Å². The van der Waals surface area contributed by atoms with Crippen LogP contribution in [-0.2, 0) is 6.54 Å². The van der Waals surface area contributed by atoms with Crippen molar-refractivity contribution in [2.75, 3.05) is 5.73 Å². The number of ether oxygens (including phenoxy) is 1. The monoisotopic (exact) mass is 251 g/mol. The Morgan fingerprint density at radius 3 is 2.53 bits per heavy atom. The largest absolute Gasteiger partial charge is 0.573 e. The maximum Gasteiger partial charge on any atom is 0.573 e. The molecule has 0 spiro atoms. The van der Waals surface area contributed by atoms with Crippen LogP contribution in [0.1, 0.15) is 16.1 Å². The zero-order valence-electron chi connectivity index (χ0n) is 8.28. The number of anilines is 1. The van der Waals surface area contributed by atoms with Crippen LogP contribution in [0.5, 0.6) is 5.75 Å². The maximum atomic E-state index is 12.0. The minimum Gasteiger partial charge on any atom is -0.477 e. The van der Waals surface area contributed by atoms with Crippen LogP contribution in [-0.4, -0.2) is 22.4 Å². The molecule has 0 saturated carbocycles. The first-order chi connectivity index (χ1) is 7.76. The summed E-state index contributed by atoms with van der Waals surface area (Å²) in [7, 11) is 0. The fourth-order valence-electron chi connectivity index (χ4n) is 1.14. The van der Waals surface area contributed by atoms with E-state index in [-0.39, 0.29) is 12.1 Å². The highest BCUT2D eigenvalue weighted by atomic mass is 19.4. The summed E-state index contributed by atoms with van der Waals surface area (Å²) < 4.78 is 39.5. The van der Waals surface area contributed by atoms with E-state index >= 15 is 0 Å². The number of hydrogen-bond acceptors (Lipinski definition) is 5. The molecule has 0 amide bonds. The number of aromatic nitrogens is 1. The van der Waals surface area contributed by atoms with E-state index in [9.17, 15) is 18.0 Å². The first kappa shape index (κ1) is 13.0. The van der Waals surface area contributed by atoms with Crippen LogP contribution in [0.25, 0.3) is 0 Å². The highest BCUT2D eigenvalue weighted by Crippen LogP contribution is 2.31. The van der Waals surface area contributed by atoms with Crippen molar-refractivity contribution >= 4 is 11.7 Å². The molecule has 1 rings (SSSR count). The van der Waals surface area contributed by atoms with Gasteiger partial charge in [0.25, 0.3) is 0 Å². The predicted octanol–water partition coefficient (Wildman–Crippen LogP) is 0.719. The molecule has 9 heteroatoms. The molecule has 0 aromatic carbocycles. The van der Waals surface area contributed by atoms with Crippen molar-refractivity contribution < 1.29 is 27.8 Å². The van der Waals surface area contributed by atoms with Crippen LogP contribution in [0.3, 0.4) is 0 Å². The molecule has 5 N–H and O–H groups in total. The van der Waals surface area contributed by atoms with Crippen LogP contribution in [0, 0.1) is 0 Å². The standard InChI is InChI=1S/C8H8F3N3O3/c9-8(10,11)17-4-2-14-6(7(15)16)3(1-12)5(4)13/h2H,1,12H2,(H2,13,14)(H,15,16). The Morgan fingerprint density at radius 2 is 2.12 bits per heavy atom. The minimum absolute atomic E-state index is 0.209. The molecule has 0 bridgehead atoms. The quantitative estimate of drug-likeness (QED) is 0.729. The van der Waals surface area contributed by atoms with E-state index < -0.39 is 29.5 Å². The Labute approximate surface area is 93.0 Å². The molecule has 0 atom stereocenters. The van der Waals surface area contributed by atoms with Crippen LogP contribution in [0.15, 0.2) is 6.20 Å². The predicted molar refractivity (Wildman–Crippen MR) is 50.2 cm³/mol. The summed E-state index contributed by atoms with van der Waals surface area (Å²) in [5.41, 5.74) is 9.33. The number of hydrogen-bond donors (Lipinski definition) is 3. The number of carboxylic acids is 1. The van der Waals surface area contributed by atoms with Gasteiger partial charge in [0.2, 0.25) is 0 Å². The van der Waals surface area contributed by atoms with Crippen molar-refractivity contribution in [1.82, 2.24) is 4.98 Å². The zero-order chi connectivity index (χ0) is 13.2. The number of aromatic carboxylic acids is 1. The van der Waals surface area contributed by atoms with Gasteiger partial charge in [0.15, 0.2) is 11.4 Å². The molecule has 0 saturated heterocycles. The summed E-state index contributed by atoms with van der Waals surface area (Å²) in [6.45, 7) is -0.366. The lowest BCUT2D eigenvalue weighted by molar-refractivity contribution is -0.274. The molecule has 0 fully saturated rings. The molecule has 0 aliphatic rings. The van der Waals surface area contributed by atoms with E-state index in [4.69, 9.17) is 16.6 Å². The van der Waals surface area contributed by atoms with Gasteiger partial charge < -0.3 is 21.3 Å². The number of carboxylic acid groups (broad SMARTS) is 1. The molecular formula is C8H8F3N3O3. The SMILES string of the molecule is NCc1c(C(=O)O)ncc(OC(F)(F)F)c1N. The molecule has 0 unspecified atom stereocenters. The van der Waals surface area contributed by atoms with Gasteiger partial charge in [-0.25, -0.2) is 9.78 Å². The van der Waals surface area contributed by atoms with Gasteiger partial charge in [0.1, 0.15) is 0 Å². The van der Waals surface area contributed by atoms with E-state index in [1.54, 1.807) is 0 Å². The fraction of sp³-hybridized carbons (Fsp3) is 0.250. The summed E-state index contributed by atoms with van der Waals surface area (Å²) in [6, 6.07) is 0. The molecule has 1 aromatic heterocycles. The molecular weight excluding hydrogens is 243 g/mol. The molecule has 0 aliphatic heterocycles. The summed E-state index contributed by atoms with van der Waals surface area (Å²) in [4.78, 5) is 14.0. The molecule has 0 radical (unpaired) electrons. The zero-order valence-corrected chi connectivity index (χ0v) is 8.28. The van der Waals surface area contributed by atoms with Crippen molar-refractivity contribution in [3.63, 3.8) is 0 Å².